The molecule has 104 valence electrons. The molecule has 1 heterocycles. The van der Waals surface area contributed by atoms with Gasteiger partial charge >= 0.3 is 0 Å². The molecule has 4 nitrogen and oxygen atoms in total. The maximum absolute atomic E-state index is 11.8. The molecule has 0 bridgehead atoms. The minimum Gasteiger partial charge on any atom is -0.347 e. The molecule has 0 aromatic carbocycles. The van der Waals surface area contributed by atoms with E-state index >= 15 is 0 Å². The summed E-state index contributed by atoms with van der Waals surface area (Å²) in [6.45, 7) is 5.13. The van der Waals surface area contributed by atoms with Gasteiger partial charge < -0.3 is 10.2 Å². The molecule has 1 N–H and O–H groups in total. The quantitative estimate of drug-likeness (QED) is 0.707. The van der Waals surface area contributed by atoms with E-state index in [-0.39, 0.29) is 24.4 Å². The number of carbonyl (C=O) groups is 2. The summed E-state index contributed by atoms with van der Waals surface area (Å²) < 4.78 is 0. The van der Waals surface area contributed by atoms with E-state index in [1.807, 2.05) is 11.8 Å². The van der Waals surface area contributed by atoms with Gasteiger partial charge in [-0.25, -0.2) is 0 Å². The number of unbranched alkanes of at least 4 members (excludes halogenated alkanes) is 5. The van der Waals surface area contributed by atoms with Gasteiger partial charge in [0.05, 0.1) is 6.54 Å². The first-order chi connectivity index (χ1) is 8.65. The molecule has 1 rings (SSSR count). The van der Waals surface area contributed by atoms with E-state index in [1.165, 1.54) is 32.1 Å². The first-order valence-electron chi connectivity index (χ1n) is 7.21. The molecular weight excluding hydrogens is 228 g/mol. The number of nitrogens with zero attached hydrogens (tertiary/aromatic N) is 1. The first-order valence-corrected chi connectivity index (χ1v) is 7.21. The summed E-state index contributed by atoms with van der Waals surface area (Å²) in [5.74, 6) is 0.0446. The second-order valence-electron chi connectivity index (χ2n) is 5.18. The minimum atomic E-state index is -0.0127. The molecule has 0 radical (unpaired) electrons. The van der Waals surface area contributed by atoms with Crippen LogP contribution in [-0.4, -0.2) is 35.8 Å². The van der Waals surface area contributed by atoms with Crippen molar-refractivity contribution >= 4 is 11.8 Å². The normalized spacial score (nSPS) is 20.8. The van der Waals surface area contributed by atoms with Gasteiger partial charge in [0, 0.05) is 19.0 Å². The van der Waals surface area contributed by atoms with E-state index in [2.05, 4.69) is 12.2 Å². The monoisotopic (exact) mass is 254 g/mol. The maximum atomic E-state index is 11.8. The van der Waals surface area contributed by atoms with Crippen LogP contribution in [-0.2, 0) is 9.59 Å². The molecule has 1 fully saturated rings. The van der Waals surface area contributed by atoms with Crippen molar-refractivity contribution in [2.45, 2.75) is 64.8 Å². The summed E-state index contributed by atoms with van der Waals surface area (Å²) in [5, 5.41) is 2.64. The van der Waals surface area contributed by atoms with E-state index in [0.29, 0.717) is 6.42 Å². The lowest BCUT2D eigenvalue weighted by molar-refractivity contribution is -0.131. The smallest absolute Gasteiger partial charge is 0.242 e. The first kappa shape index (κ1) is 15.0. The van der Waals surface area contributed by atoms with E-state index in [0.717, 1.165) is 13.0 Å². The van der Waals surface area contributed by atoms with Crippen molar-refractivity contribution in [3.8, 4) is 0 Å². The predicted octanol–water partition coefficient (Wildman–Crippen LogP) is 2.08. The SMILES string of the molecule is CCCCCCCCN1C(=O)CNC(=O)CC1C. The Balaban J connectivity index is 2.26. The number of nitrogens with one attached hydrogen (secondary N) is 1. The lowest BCUT2D eigenvalue weighted by Crippen LogP contribution is -2.40. The summed E-state index contributed by atoms with van der Waals surface area (Å²) in [6.07, 6.45) is 7.77. The van der Waals surface area contributed by atoms with Crippen molar-refractivity contribution in [1.29, 1.82) is 0 Å². The van der Waals surface area contributed by atoms with Gasteiger partial charge in [-0.1, -0.05) is 39.0 Å². The molecule has 18 heavy (non-hydrogen) atoms. The fourth-order valence-corrected chi connectivity index (χ4v) is 2.38. The molecule has 0 aromatic rings. The fraction of sp³-hybridized carbons (Fsp3) is 0.857. The van der Waals surface area contributed by atoms with E-state index in [4.69, 9.17) is 0 Å². The molecule has 1 saturated heterocycles. The van der Waals surface area contributed by atoms with Crippen LogP contribution in [0.25, 0.3) is 0 Å². The molecule has 1 aliphatic rings. The Morgan fingerprint density at radius 1 is 1.17 bits per heavy atom. The Bertz CT molecular complexity index is 279. The zero-order valence-electron chi connectivity index (χ0n) is 11.7. The van der Waals surface area contributed by atoms with E-state index in [1.54, 1.807) is 0 Å². The van der Waals surface area contributed by atoms with Crippen molar-refractivity contribution in [3.05, 3.63) is 0 Å². The van der Waals surface area contributed by atoms with Crippen molar-refractivity contribution in [2.24, 2.45) is 0 Å². The van der Waals surface area contributed by atoms with Gasteiger partial charge in [0.2, 0.25) is 11.8 Å². The second kappa shape index (κ2) is 8.11. The van der Waals surface area contributed by atoms with Crippen molar-refractivity contribution in [1.82, 2.24) is 10.2 Å². The Labute approximate surface area is 110 Å². The average molecular weight is 254 g/mol. The van der Waals surface area contributed by atoms with Gasteiger partial charge in [-0.2, -0.15) is 0 Å². The third-order valence-corrected chi connectivity index (χ3v) is 3.52. The topological polar surface area (TPSA) is 49.4 Å². The van der Waals surface area contributed by atoms with Gasteiger partial charge in [-0.15, -0.1) is 0 Å². The fourth-order valence-electron chi connectivity index (χ4n) is 2.38. The van der Waals surface area contributed by atoms with Crippen molar-refractivity contribution in [3.63, 3.8) is 0 Å². The van der Waals surface area contributed by atoms with Crippen LogP contribution >= 0.6 is 0 Å². The number of rotatable bonds is 7. The summed E-state index contributed by atoms with van der Waals surface area (Å²) in [6, 6.07) is 0.0376. The second-order valence-corrected chi connectivity index (χ2v) is 5.18. The van der Waals surface area contributed by atoms with Gasteiger partial charge in [-0.3, -0.25) is 9.59 Å². The summed E-state index contributed by atoms with van der Waals surface area (Å²) in [7, 11) is 0. The Morgan fingerprint density at radius 2 is 1.83 bits per heavy atom. The van der Waals surface area contributed by atoms with Crippen LogP contribution < -0.4 is 5.32 Å². The molecule has 0 saturated carbocycles. The van der Waals surface area contributed by atoms with Crippen LogP contribution in [0.15, 0.2) is 0 Å². The van der Waals surface area contributed by atoms with Crippen molar-refractivity contribution < 1.29 is 9.59 Å². The zero-order valence-corrected chi connectivity index (χ0v) is 11.7. The predicted molar refractivity (Wildman–Crippen MR) is 72.2 cm³/mol. The molecule has 4 heteroatoms. The molecule has 0 spiro atoms. The van der Waals surface area contributed by atoms with Crippen LogP contribution in [0.1, 0.15) is 58.8 Å². The van der Waals surface area contributed by atoms with Crippen LogP contribution in [0.4, 0.5) is 0 Å². The zero-order chi connectivity index (χ0) is 13.4. The molecular formula is C14H26N2O2. The highest BCUT2D eigenvalue weighted by Gasteiger charge is 2.25. The molecule has 2 amide bonds. The van der Waals surface area contributed by atoms with Crippen LogP contribution in [0, 0.1) is 0 Å². The van der Waals surface area contributed by atoms with Gasteiger partial charge in [-0.05, 0) is 13.3 Å². The number of hydrogen-bond acceptors (Lipinski definition) is 2. The van der Waals surface area contributed by atoms with Gasteiger partial charge in [0.1, 0.15) is 0 Å². The Hall–Kier alpha value is -1.06. The third-order valence-electron chi connectivity index (χ3n) is 3.52. The van der Waals surface area contributed by atoms with Gasteiger partial charge in [0.25, 0.3) is 0 Å². The van der Waals surface area contributed by atoms with E-state index < -0.39 is 0 Å². The molecule has 1 aliphatic heterocycles. The Kier molecular flexibility index (Phi) is 6.76. The molecule has 0 aromatic heterocycles. The summed E-state index contributed by atoms with van der Waals surface area (Å²) in [4.78, 5) is 25.0. The van der Waals surface area contributed by atoms with Gasteiger partial charge in [0.15, 0.2) is 0 Å². The largest absolute Gasteiger partial charge is 0.347 e. The molecule has 1 atom stereocenters. The lowest BCUT2D eigenvalue weighted by atomic mass is 10.1. The van der Waals surface area contributed by atoms with E-state index in [9.17, 15) is 9.59 Å². The van der Waals surface area contributed by atoms with Crippen molar-refractivity contribution in [2.75, 3.05) is 13.1 Å². The van der Waals surface area contributed by atoms with Crippen LogP contribution in [0.3, 0.4) is 0 Å². The van der Waals surface area contributed by atoms with Crippen LogP contribution in [0.5, 0.6) is 0 Å². The highest BCUT2D eigenvalue weighted by molar-refractivity contribution is 5.87. The molecule has 1 unspecified atom stereocenters. The molecule has 0 aliphatic carbocycles. The number of hydrogen-bond donors (Lipinski definition) is 1. The lowest BCUT2D eigenvalue weighted by Gasteiger charge is -2.26. The summed E-state index contributed by atoms with van der Waals surface area (Å²) >= 11 is 0. The standard InChI is InChI=1S/C14H26N2O2/c1-3-4-5-6-7-8-9-16-12(2)10-13(17)15-11-14(16)18/h12H,3-11H2,1-2H3,(H,15,17). The maximum Gasteiger partial charge on any atom is 0.242 e. The van der Waals surface area contributed by atoms with Crippen LogP contribution in [0.2, 0.25) is 0 Å². The Morgan fingerprint density at radius 3 is 2.56 bits per heavy atom. The summed E-state index contributed by atoms with van der Waals surface area (Å²) in [5.41, 5.74) is 0. The highest BCUT2D eigenvalue weighted by Crippen LogP contribution is 2.11. The highest BCUT2D eigenvalue weighted by atomic mass is 16.2. The minimum absolute atomic E-state index is 0.0127. The average Bonchev–Trinajstić information content (AvgIpc) is 2.45. The third kappa shape index (κ3) is 5.07. The number of amides is 2. The number of carbonyl (C=O) groups excluding carboxylic acids is 2.